The number of ether oxygens (including phenoxy) is 2. The van der Waals surface area contributed by atoms with Crippen LogP contribution in [0.4, 0.5) is 32.0 Å². The molecule has 1 N–H and O–H groups in total. The van der Waals surface area contributed by atoms with Gasteiger partial charge in [-0.25, -0.2) is 9.59 Å². The van der Waals surface area contributed by atoms with Crippen LogP contribution >= 0.6 is 0 Å². The number of rotatable bonds is 4. The van der Waals surface area contributed by atoms with Gasteiger partial charge in [0.05, 0.1) is 31.4 Å². The summed E-state index contributed by atoms with van der Waals surface area (Å²) in [5.41, 5.74) is -4.61. The van der Waals surface area contributed by atoms with Gasteiger partial charge in [0.2, 0.25) is 0 Å². The van der Waals surface area contributed by atoms with Gasteiger partial charge in [-0.15, -0.1) is 0 Å². The van der Waals surface area contributed by atoms with E-state index in [1.165, 1.54) is 0 Å². The lowest BCUT2D eigenvalue weighted by Gasteiger charge is -2.16. The normalized spacial score (nSPS) is 12.6. The number of halogens is 6. The summed E-state index contributed by atoms with van der Waals surface area (Å²) in [7, 11) is 1.86. The van der Waals surface area contributed by atoms with E-state index in [-0.39, 0.29) is 6.07 Å². The Morgan fingerprint density at radius 1 is 0.920 bits per heavy atom. The Labute approximate surface area is 137 Å². The summed E-state index contributed by atoms with van der Waals surface area (Å²) in [6.45, 7) is 0. The molecule has 11 heteroatoms. The van der Waals surface area contributed by atoms with E-state index in [0.717, 1.165) is 14.2 Å². The summed E-state index contributed by atoms with van der Waals surface area (Å²) in [5, 5.41) is 2.01. The highest BCUT2D eigenvalue weighted by molar-refractivity contribution is 5.98. The van der Waals surface area contributed by atoms with Crippen molar-refractivity contribution in [1.82, 2.24) is 0 Å². The van der Waals surface area contributed by atoms with Crippen molar-refractivity contribution in [2.75, 3.05) is 19.5 Å². The fraction of sp³-hybridized carbons (Fsp3) is 0.286. The molecule has 0 amide bonds. The molecule has 1 aromatic carbocycles. The number of alkyl halides is 6. The molecule has 0 saturated carbocycles. The van der Waals surface area contributed by atoms with Gasteiger partial charge in [-0.1, -0.05) is 0 Å². The number of anilines is 1. The molecule has 0 fully saturated rings. The first-order chi connectivity index (χ1) is 11.4. The van der Waals surface area contributed by atoms with Crippen molar-refractivity contribution in [3.63, 3.8) is 0 Å². The van der Waals surface area contributed by atoms with E-state index in [2.05, 4.69) is 9.47 Å². The maximum atomic E-state index is 12.8. The maximum Gasteiger partial charge on any atom is 0.416 e. The van der Waals surface area contributed by atoms with Crippen molar-refractivity contribution < 1.29 is 45.4 Å². The molecule has 138 valence electrons. The monoisotopic (exact) mass is 371 g/mol. The second-order valence-corrected chi connectivity index (χ2v) is 4.49. The summed E-state index contributed by atoms with van der Waals surface area (Å²) >= 11 is 0. The molecular weight excluding hydrogens is 360 g/mol. The molecule has 25 heavy (non-hydrogen) atoms. The van der Waals surface area contributed by atoms with Crippen LogP contribution in [0, 0.1) is 0 Å². The maximum absolute atomic E-state index is 12.8. The van der Waals surface area contributed by atoms with Gasteiger partial charge >= 0.3 is 24.3 Å². The van der Waals surface area contributed by atoms with Crippen LogP contribution in [0.1, 0.15) is 11.1 Å². The molecule has 0 bridgehead atoms. The van der Waals surface area contributed by atoms with Crippen LogP contribution < -0.4 is 5.32 Å². The van der Waals surface area contributed by atoms with E-state index < -0.39 is 46.8 Å². The zero-order valence-corrected chi connectivity index (χ0v) is 12.7. The molecule has 0 heterocycles. The van der Waals surface area contributed by atoms with Gasteiger partial charge in [0.15, 0.2) is 0 Å². The first-order valence-electron chi connectivity index (χ1n) is 6.33. The highest BCUT2D eigenvalue weighted by Gasteiger charge is 2.37. The fourth-order valence-electron chi connectivity index (χ4n) is 1.62. The molecule has 0 atom stereocenters. The van der Waals surface area contributed by atoms with Crippen molar-refractivity contribution in [2.24, 2.45) is 0 Å². The predicted molar refractivity (Wildman–Crippen MR) is 72.2 cm³/mol. The van der Waals surface area contributed by atoms with Gasteiger partial charge in [-0.2, -0.15) is 26.3 Å². The third-order valence-corrected chi connectivity index (χ3v) is 2.74. The Balaban J connectivity index is 3.41. The number of carbonyl (C=O) groups is 2. The van der Waals surface area contributed by atoms with Gasteiger partial charge in [0.1, 0.15) is 5.70 Å². The lowest BCUT2D eigenvalue weighted by Crippen LogP contribution is -2.17. The molecule has 0 aliphatic carbocycles. The average Bonchev–Trinajstić information content (AvgIpc) is 2.51. The van der Waals surface area contributed by atoms with Crippen molar-refractivity contribution >= 4 is 17.6 Å². The fourth-order valence-corrected chi connectivity index (χ4v) is 1.62. The smallest absolute Gasteiger partial charge is 0.416 e. The number of nitrogens with one attached hydrogen (secondary N) is 1. The van der Waals surface area contributed by atoms with E-state index in [1.807, 2.05) is 5.32 Å². The second kappa shape index (κ2) is 7.45. The molecular formula is C14H11F6NO4. The van der Waals surface area contributed by atoms with E-state index in [1.54, 1.807) is 0 Å². The molecule has 0 aliphatic heterocycles. The highest BCUT2D eigenvalue weighted by atomic mass is 19.4. The number of esters is 2. The zero-order chi connectivity index (χ0) is 19.4. The Hall–Kier alpha value is -2.72. The first kappa shape index (κ1) is 20.3. The largest absolute Gasteiger partial charge is 0.466 e. The number of hydrogen-bond acceptors (Lipinski definition) is 5. The average molecular weight is 371 g/mol. The van der Waals surface area contributed by atoms with Gasteiger partial charge in [-0.3, -0.25) is 0 Å². The van der Waals surface area contributed by atoms with Gasteiger partial charge in [0.25, 0.3) is 0 Å². The number of benzene rings is 1. The van der Waals surface area contributed by atoms with Crippen LogP contribution in [0.5, 0.6) is 0 Å². The van der Waals surface area contributed by atoms with E-state index in [0.29, 0.717) is 18.2 Å². The minimum Gasteiger partial charge on any atom is -0.466 e. The van der Waals surface area contributed by atoms with Crippen LogP contribution in [-0.4, -0.2) is 26.2 Å². The van der Waals surface area contributed by atoms with Crippen molar-refractivity contribution in [3.8, 4) is 0 Å². The summed E-state index contributed by atoms with van der Waals surface area (Å²) in [6.07, 6.45) is -9.59. The third-order valence-electron chi connectivity index (χ3n) is 2.74. The molecule has 0 aliphatic rings. The number of hydrogen-bond donors (Lipinski definition) is 1. The van der Waals surface area contributed by atoms with Crippen molar-refractivity contribution in [2.45, 2.75) is 12.4 Å². The summed E-state index contributed by atoms with van der Waals surface area (Å²) in [6, 6.07) is 0.625. The topological polar surface area (TPSA) is 64.6 Å². The summed E-state index contributed by atoms with van der Waals surface area (Å²) in [5.74, 6) is -2.27. The molecule has 5 nitrogen and oxygen atoms in total. The van der Waals surface area contributed by atoms with Crippen molar-refractivity contribution in [3.05, 3.63) is 41.1 Å². The molecule has 0 aromatic heterocycles. The highest BCUT2D eigenvalue weighted by Crippen LogP contribution is 2.37. The van der Waals surface area contributed by atoms with Gasteiger partial charge < -0.3 is 14.8 Å². The van der Waals surface area contributed by atoms with Gasteiger partial charge in [0, 0.05) is 5.69 Å². The van der Waals surface area contributed by atoms with Crippen LogP contribution in [0.2, 0.25) is 0 Å². The van der Waals surface area contributed by atoms with E-state index in [9.17, 15) is 35.9 Å². The van der Waals surface area contributed by atoms with E-state index >= 15 is 0 Å². The van der Waals surface area contributed by atoms with E-state index in [4.69, 9.17) is 0 Å². The van der Waals surface area contributed by atoms with Crippen LogP contribution in [0.15, 0.2) is 30.0 Å². The molecule has 1 aromatic rings. The van der Waals surface area contributed by atoms with Crippen molar-refractivity contribution in [1.29, 1.82) is 0 Å². The standard InChI is InChI=1S/C14H11F6NO4/c1-24-11(22)6-10(12(23)25-2)21-9-4-7(13(15,16)17)3-8(5-9)14(18,19)20/h3-6,21H,1-2H3/b10-6+. The number of carbonyl (C=O) groups excluding carboxylic acids is 2. The molecule has 0 spiro atoms. The SMILES string of the molecule is COC(=O)/C=C(/Nc1cc(C(F)(F)F)cc(C(F)(F)F)c1)C(=O)OC. The Morgan fingerprint density at radius 2 is 1.40 bits per heavy atom. The molecule has 0 saturated heterocycles. The molecule has 0 unspecified atom stereocenters. The molecule has 0 radical (unpaired) electrons. The zero-order valence-electron chi connectivity index (χ0n) is 12.7. The van der Waals surface area contributed by atoms with Crippen LogP contribution in [0.3, 0.4) is 0 Å². The Bertz CT molecular complexity index is 661. The first-order valence-corrected chi connectivity index (χ1v) is 6.33. The van der Waals surface area contributed by atoms with Crippen LogP contribution in [-0.2, 0) is 31.4 Å². The third kappa shape index (κ3) is 5.69. The Kier molecular flexibility index (Phi) is 6.05. The Morgan fingerprint density at radius 3 is 1.76 bits per heavy atom. The summed E-state index contributed by atoms with van der Waals surface area (Å²) < 4.78 is 85.3. The summed E-state index contributed by atoms with van der Waals surface area (Å²) in [4.78, 5) is 22.7. The minimum absolute atomic E-state index is 0.0764. The van der Waals surface area contributed by atoms with Crippen LogP contribution in [0.25, 0.3) is 0 Å². The second-order valence-electron chi connectivity index (χ2n) is 4.49. The van der Waals surface area contributed by atoms with Gasteiger partial charge in [-0.05, 0) is 18.2 Å². The quantitative estimate of drug-likeness (QED) is 0.500. The number of methoxy groups -OCH3 is 2. The molecule has 1 rings (SSSR count). The lowest BCUT2D eigenvalue weighted by molar-refractivity contribution is -0.143. The minimum atomic E-state index is -5.06. The predicted octanol–water partition coefficient (Wildman–Crippen LogP) is 3.37. The lowest BCUT2D eigenvalue weighted by atomic mass is 10.1.